The maximum absolute atomic E-state index is 13.2. The Bertz CT molecular complexity index is 1110. The lowest BCUT2D eigenvalue weighted by Gasteiger charge is -2.35. The lowest BCUT2D eigenvalue weighted by Crippen LogP contribution is -2.48. The van der Waals surface area contributed by atoms with Crippen molar-refractivity contribution in [2.45, 2.75) is 33.1 Å². The fourth-order valence-electron chi connectivity index (χ4n) is 4.50. The molecule has 1 saturated heterocycles. The Balaban J connectivity index is 1.49. The number of hydrogen-bond donors (Lipinski definition) is 2. The maximum atomic E-state index is 13.2. The Kier molecular flexibility index (Phi) is 8.09. The monoisotopic (exact) mass is 499 g/mol. The van der Waals surface area contributed by atoms with Crippen molar-refractivity contribution in [3.05, 3.63) is 35.3 Å². The van der Waals surface area contributed by atoms with Gasteiger partial charge in [0.2, 0.25) is 11.8 Å². The van der Waals surface area contributed by atoms with Gasteiger partial charge in [0.1, 0.15) is 23.5 Å². The molecule has 2 aromatic rings. The SMILES string of the molecule is CCOc1nc(N2CCN(C(C)=O)CC2)ccc1NC(=O)c1coc2c1C(=O)N(CCCCO)CC2. The molecule has 0 bridgehead atoms. The first-order valence-corrected chi connectivity index (χ1v) is 12.4. The lowest BCUT2D eigenvalue weighted by atomic mass is 10.0. The molecule has 2 aliphatic heterocycles. The average Bonchev–Trinajstić information content (AvgIpc) is 3.32. The minimum Gasteiger partial charge on any atom is -0.476 e. The first-order valence-electron chi connectivity index (χ1n) is 12.4. The molecule has 4 rings (SSSR count). The molecular formula is C25H33N5O6. The summed E-state index contributed by atoms with van der Waals surface area (Å²) in [6, 6.07) is 3.54. The number of hydrogen-bond acceptors (Lipinski definition) is 8. The van der Waals surface area contributed by atoms with Gasteiger partial charge < -0.3 is 34.3 Å². The van der Waals surface area contributed by atoms with E-state index < -0.39 is 5.91 Å². The van der Waals surface area contributed by atoms with Crippen LogP contribution in [0.5, 0.6) is 5.88 Å². The molecule has 2 aromatic heterocycles. The smallest absolute Gasteiger partial charge is 0.259 e. The van der Waals surface area contributed by atoms with Crippen molar-refractivity contribution < 1.29 is 28.6 Å². The summed E-state index contributed by atoms with van der Waals surface area (Å²) in [7, 11) is 0. The number of amides is 3. The highest BCUT2D eigenvalue weighted by Crippen LogP contribution is 2.30. The summed E-state index contributed by atoms with van der Waals surface area (Å²) in [5.74, 6) is 0.837. The minimum absolute atomic E-state index is 0.0591. The molecule has 0 radical (unpaired) electrons. The van der Waals surface area contributed by atoms with Crippen LogP contribution in [0.15, 0.2) is 22.8 Å². The number of carbonyl (C=O) groups excluding carboxylic acids is 3. The highest BCUT2D eigenvalue weighted by atomic mass is 16.5. The summed E-state index contributed by atoms with van der Waals surface area (Å²) in [6.45, 7) is 7.43. The third kappa shape index (κ3) is 5.46. The van der Waals surface area contributed by atoms with Crippen LogP contribution in [0, 0.1) is 0 Å². The van der Waals surface area contributed by atoms with Crippen molar-refractivity contribution >= 4 is 29.2 Å². The van der Waals surface area contributed by atoms with Crippen molar-refractivity contribution in [2.75, 3.05) is 62.7 Å². The van der Waals surface area contributed by atoms with Gasteiger partial charge in [-0.3, -0.25) is 14.4 Å². The molecule has 0 unspecified atom stereocenters. The molecule has 4 heterocycles. The van der Waals surface area contributed by atoms with E-state index in [0.29, 0.717) is 82.4 Å². The van der Waals surface area contributed by atoms with E-state index in [2.05, 4.69) is 15.2 Å². The highest BCUT2D eigenvalue weighted by molar-refractivity contribution is 6.13. The molecule has 2 aliphatic rings. The quantitative estimate of drug-likeness (QED) is 0.500. The van der Waals surface area contributed by atoms with Crippen LogP contribution in [0.4, 0.5) is 11.5 Å². The molecular weight excluding hydrogens is 466 g/mol. The fourth-order valence-corrected chi connectivity index (χ4v) is 4.50. The second-order valence-corrected chi connectivity index (χ2v) is 8.82. The van der Waals surface area contributed by atoms with Crippen LogP contribution in [0.25, 0.3) is 0 Å². The summed E-state index contributed by atoms with van der Waals surface area (Å²) < 4.78 is 11.3. The third-order valence-electron chi connectivity index (χ3n) is 6.48. The van der Waals surface area contributed by atoms with Crippen molar-refractivity contribution in [1.82, 2.24) is 14.8 Å². The summed E-state index contributed by atoms with van der Waals surface area (Å²) >= 11 is 0. The fraction of sp³-hybridized carbons (Fsp3) is 0.520. The van der Waals surface area contributed by atoms with E-state index in [9.17, 15) is 14.4 Å². The van der Waals surface area contributed by atoms with Gasteiger partial charge in [-0.25, -0.2) is 0 Å². The zero-order valence-electron chi connectivity index (χ0n) is 20.8. The molecule has 36 heavy (non-hydrogen) atoms. The Hall–Kier alpha value is -3.60. The predicted octanol–water partition coefficient (Wildman–Crippen LogP) is 1.76. The number of fused-ring (bicyclic) bond motifs is 1. The van der Waals surface area contributed by atoms with E-state index in [1.54, 1.807) is 28.9 Å². The van der Waals surface area contributed by atoms with Gasteiger partial charge in [0.25, 0.3) is 11.8 Å². The number of carbonyl (C=O) groups is 3. The summed E-state index contributed by atoms with van der Waals surface area (Å²) in [6.07, 6.45) is 3.16. The maximum Gasteiger partial charge on any atom is 0.259 e. The summed E-state index contributed by atoms with van der Waals surface area (Å²) in [5, 5.41) is 11.8. The van der Waals surface area contributed by atoms with Gasteiger partial charge in [0.05, 0.1) is 17.7 Å². The number of unbranched alkanes of at least 4 members (excludes halogenated alkanes) is 1. The summed E-state index contributed by atoms with van der Waals surface area (Å²) in [4.78, 5) is 48.0. The summed E-state index contributed by atoms with van der Waals surface area (Å²) in [5.41, 5.74) is 0.855. The molecule has 194 valence electrons. The molecule has 0 aromatic carbocycles. The standard InChI is InChI=1S/C25H33N5O6/c1-3-35-24-19(6-7-21(27-24)29-13-11-28(12-14-29)17(2)32)26-23(33)18-16-36-20-8-10-30(9-4-5-15-31)25(34)22(18)20/h6-7,16,31H,3-5,8-15H2,1-2H3,(H,26,33). The van der Waals surface area contributed by atoms with E-state index in [4.69, 9.17) is 14.3 Å². The molecule has 3 amide bonds. The molecule has 0 atom stereocenters. The lowest BCUT2D eigenvalue weighted by molar-refractivity contribution is -0.129. The molecule has 0 spiro atoms. The van der Waals surface area contributed by atoms with E-state index >= 15 is 0 Å². The van der Waals surface area contributed by atoms with E-state index in [1.807, 2.05) is 6.92 Å². The Morgan fingerprint density at radius 3 is 2.64 bits per heavy atom. The molecule has 0 saturated carbocycles. The van der Waals surface area contributed by atoms with Crippen molar-refractivity contribution in [3.8, 4) is 5.88 Å². The normalized spacial score (nSPS) is 15.6. The van der Waals surface area contributed by atoms with Crippen molar-refractivity contribution in [2.24, 2.45) is 0 Å². The number of nitrogens with zero attached hydrogens (tertiary/aromatic N) is 4. The third-order valence-corrected chi connectivity index (χ3v) is 6.48. The average molecular weight is 500 g/mol. The van der Waals surface area contributed by atoms with Gasteiger partial charge in [-0.05, 0) is 31.9 Å². The van der Waals surface area contributed by atoms with Crippen LogP contribution in [0.2, 0.25) is 0 Å². The van der Waals surface area contributed by atoms with Gasteiger partial charge in [0, 0.05) is 59.2 Å². The number of aromatic nitrogens is 1. The topological polar surface area (TPSA) is 128 Å². The molecule has 11 heteroatoms. The van der Waals surface area contributed by atoms with Crippen LogP contribution in [0.3, 0.4) is 0 Å². The first-order chi connectivity index (χ1) is 17.4. The number of aliphatic hydroxyl groups excluding tert-OH is 1. The number of furan rings is 1. The zero-order chi connectivity index (χ0) is 25.7. The van der Waals surface area contributed by atoms with Gasteiger partial charge in [-0.1, -0.05) is 0 Å². The number of ether oxygens (including phenoxy) is 1. The number of nitrogens with one attached hydrogen (secondary N) is 1. The predicted molar refractivity (Wildman–Crippen MR) is 132 cm³/mol. The second-order valence-electron chi connectivity index (χ2n) is 8.82. The molecule has 11 nitrogen and oxygen atoms in total. The van der Waals surface area contributed by atoms with Crippen molar-refractivity contribution in [3.63, 3.8) is 0 Å². The van der Waals surface area contributed by atoms with Crippen LogP contribution < -0.4 is 15.0 Å². The van der Waals surface area contributed by atoms with Gasteiger partial charge in [-0.2, -0.15) is 4.98 Å². The highest BCUT2D eigenvalue weighted by Gasteiger charge is 2.32. The second kappa shape index (κ2) is 11.4. The number of pyridine rings is 1. The Labute approximate surface area is 210 Å². The van der Waals surface area contributed by atoms with E-state index in [0.717, 1.165) is 0 Å². The molecule has 1 fully saturated rings. The first kappa shape index (κ1) is 25.5. The number of aliphatic hydroxyl groups is 1. The number of anilines is 2. The van der Waals surface area contributed by atoms with Gasteiger partial charge in [-0.15, -0.1) is 0 Å². The molecule has 0 aliphatic carbocycles. The zero-order valence-corrected chi connectivity index (χ0v) is 20.8. The van der Waals surface area contributed by atoms with Crippen LogP contribution in [-0.4, -0.2) is 90.1 Å². The van der Waals surface area contributed by atoms with E-state index in [1.165, 1.54) is 6.26 Å². The van der Waals surface area contributed by atoms with Crippen LogP contribution >= 0.6 is 0 Å². The van der Waals surface area contributed by atoms with E-state index in [-0.39, 0.29) is 35.4 Å². The number of rotatable bonds is 9. The number of piperazine rings is 1. The van der Waals surface area contributed by atoms with Gasteiger partial charge >= 0.3 is 0 Å². The van der Waals surface area contributed by atoms with Crippen LogP contribution in [0.1, 0.15) is 53.2 Å². The van der Waals surface area contributed by atoms with Crippen LogP contribution in [-0.2, 0) is 11.2 Å². The molecule has 2 N–H and O–H groups in total. The largest absolute Gasteiger partial charge is 0.476 e. The Morgan fingerprint density at radius 2 is 1.94 bits per heavy atom. The van der Waals surface area contributed by atoms with Gasteiger partial charge in [0.15, 0.2) is 0 Å². The Morgan fingerprint density at radius 1 is 1.17 bits per heavy atom. The minimum atomic E-state index is -0.476. The van der Waals surface area contributed by atoms with Crippen molar-refractivity contribution in [1.29, 1.82) is 0 Å².